The van der Waals surface area contributed by atoms with Crippen molar-refractivity contribution in [2.75, 3.05) is 13.2 Å². The van der Waals surface area contributed by atoms with Crippen molar-refractivity contribution < 1.29 is 15.3 Å². The lowest BCUT2D eigenvalue weighted by Crippen LogP contribution is -2.43. The van der Waals surface area contributed by atoms with Crippen LogP contribution in [-0.4, -0.2) is 52.1 Å². The molecule has 6 nitrogen and oxygen atoms in total. The van der Waals surface area contributed by atoms with Gasteiger partial charge in [-0.1, -0.05) is 0 Å². The summed E-state index contributed by atoms with van der Waals surface area (Å²) in [5.74, 6) is -2.68. The van der Waals surface area contributed by atoms with Gasteiger partial charge >= 0.3 is 0 Å². The molecule has 1 heterocycles. The first-order valence-electron chi connectivity index (χ1n) is 3.01. The van der Waals surface area contributed by atoms with Gasteiger partial charge in [0.2, 0.25) is 0 Å². The van der Waals surface area contributed by atoms with Gasteiger partial charge in [-0.25, -0.2) is 4.99 Å². The van der Waals surface area contributed by atoms with Crippen molar-refractivity contribution in [3.05, 3.63) is 0 Å². The van der Waals surface area contributed by atoms with Crippen LogP contribution < -0.4 is 0 Å². The molecule has 0 aromatic rings. The van der Waals surface area contributed by atoms with E-state index < -0.39 is 5.97 Å². The van der Waals surface area contributed by atoms with Gasteiger partial charge in [0.05, 0.1) is 6.34 Å². The minimum absolute atomic E-state index is 0.271. The highest BCUT2D eigenvalue weighted by Crippen LogP contribution is 1.98. The molecule has 62 valence electrons. The third kappa shape index (κ3) is 3.08. The van der Waals surface area contributed by atoms with Gasteiger partial charge in [-0.05, 0) is 0 Å². The van der Waals surface area contributed by atoms with Crippen LogP contribution in [-0.2, 0) is 0 Å². The average Bonchev–Trinajstić information content (AvgIpc) is 1.85. The molecule has 0 spiro atoms. The second-order valence-corrected chi connectivity index (χ2v) is 2.23. The van der Waals surface area contributed by atoms with Crippen LogP contribution in [0.5, 0.6) is 0 Å². The van der Waals surface area contributed by atoms with E-state index in [1.807, 2.05) is 0 Å². The molecular formula is C5H9N3O3. The van der Waals surface area contributed by atoms with Gasteiger partial charge in [-0.2, -0.15) is 0 Å². The Morgan fingerprint density at radius 1 is 1.45 bits per heavy atom. The monoisotopic (exact) mass is 159 g/mol. The van der Waals surface area contributed by atoms with Crippen molar-refractivity contribution in [2.45, 2.75) is 5.97 Å². The molecule has 0 saturated carbocycles. The predicted octanol–water partition coefficient (Wildman–Crippen LogP) is -2.05. The zero-order valence-electron chi connectivity index (χ0n) is 5.75. The van der Waals surface area contributed by atoms with Crippen molar-refractivity contribution in [1.29, 1.82) is 0 Å². The Morgan fingerprint density at radius 2 is 2.18 bits per heavy atom. The Balaban J connectivity index is 2.39. The first-order valence-corrected chi connectivity index (χ1v) is 3.01. The highest BCUT2D eigenvalue weighted by molar-refractivity contribution is 5.72. The fraction of sp³-hybridized carbons (Fsp3) is 0.600. The largest absolute Gasteiger partial charge is 0.342 e. The standard InChI is InChI=1S/C5H9N3O3/c9-5(10,11)1-8-3-6-2-7-4-8/h2-3,9-11H,1,4H2. The fourth-order valence-corrected chi connectivity index (χ4v) is 0.712. The van der Waals surface area contributed by atoms with Crippen LogP contribution in [0.25, 0.3) is 0 Å². The second-order valence-electron chi connectivity index (χ2n) is 2.23. The Morgan fingerprint density at radius 3 is 2.64 bits per heavy atom. The number of aliphatic hydroxyl groups is 3. The number of nitrogens with zero attached hydrogens (tertiary/aromatic N) is 3. The Hall–Kier alpha value is -0.980. The summed E-state index contributed by atoms with van der Waals surface area (Å²) in [4.78, 5) is 8.69. The molecule has 0 atom stereocenters. The third-order valence-electron chi connectivity index (χ3n) is 1.06. The lowest BCUT2D eigenvalue weighted by Gasteiger charge is -2.23. The smallest absolute Gasteiger partial charge is 0.294 e. The van der Waals surface area contributed by atoms with Crippen molar-refractivity contribution >= 4 is 12.7 Å². The summed E-state index contributed by atoms with van der Waals surface area (Å²) in [6.45, 7) is -0.0548. The molecule has 11 heavy (non-hydrogen) atoms. The van der Waals surface area contributed by atoms with Crippen LogP contribution in [0, 0.1) is 0 Å². The van der Waals surface area contributed by atoms with Gasteiger partial charge in [0.15, 0.2) is 0 Å². The SMILES string of the molecule is OC(O)(O)CN1C=NC=NC1. The van der Waals surface area contributed by atoms with Gasteiger partial charge in [-0.3, -0.25) is 4.99 Å². The van der Waals surface area contributed by atoms with E-state index in [2.05, 4.69) is 9.98 Å². The maximum Gasteiger partial charge on any atom is 0.294 e. The van der Waals surface area contributed by atoms with E-state index in [-0.39, 0.29) is 13.2 Å². The molecule has 6 heteroatoms. The van der Waals surface area contributed by atoms with Crippen LogP contribution in [0.3, 0.4) is 0 Å². The van der Waals surface area contributed by atoms with E-state index in [1.54, 1.807) is 0 Å². The molecule has 0 unspecified atom stereocenters. The molecule has 0 saturated heterocycles. The lowest BCUT2D eigenvalue weighted by molar-refractivity contribution is -0.313. The third-order valence-corrected chi connectivity index (χ3v) is 1.06. The van der Waals surface area contributed by atoms with Gasteiger partial charge in [0.1, 0.15) is 19.6 Å². The summed E-state index contributed by atoms with van der Waals surface area (Å²) in [5, 5.41) is 25.6. The summed E-state index contributed by atoms with van der Waals surface area (Å²) in [6.07, 6.45) is 2.72. The predicted molar refractivity (Wildman–Crippen MR) is 37.9 cm³/mol. The fourth-order valence-electron chi connectivity index (χ4n) is 0.712. The second kappa shape index (κ2) is 2.95. The van der Waals surface area contributed by atoms with Gasteiger partial charge in [0, 0.05) is 0 Å². The van der Waals surface area contributed by atoms with Crippen LogP contribution >= 0.6 is 0 Å². The number of rotatable bonds is 2. The average molecular weight is 159 g/mol. The van der Waals surface area contributed by atoms with E-state index in [1.165, 1.54) is 17.6 Å². The highest BCUT2D eigenvalue weighted by atomic mass is 16.7. The number of hydrogen-bond acceptors (Lipinski definition) is 6. The molecule has 3 N–H and O–H groups in total. The van der Waals surface area contributed by atoms with Crippen molar-refractivity contribution in [2.24, 2.45) is 9.98 Å². The highest BCUT2D eigenvalue weighted by Gasteiger charge is 2.21. The summed E-state index contributed by atoms with van der Waals surface area (Å²) in [5.41, 5.74) is 0. The van der Waals surface area contributed by atoms with E-state index in [0.717, 1.165) is 0 Å². The first kappa shape index (κ1) is 8.12. The lowest BCUT2D eigenvalue weighted by atomic mass is 10.5. The zero-order chi connectivity index (χ0) is 8.32. The first-order chi connectivity index (χ1) is 5.08. The maximum atomic E-state index is 8.53. The van der Waals surface area contributed by atoms with Crippen molar-refractivity contribution in [1.82, 2.24) is 4.90 Å². The molecule has 0 radical (unpaired) electrons. The molecule has 0 aromatic heterocycles. The molecule has 0 bridgehead atoms. The minimum Gasteiger partial charge on any atom is -0.342 e. The van der Waals surface area contributed by atoms with Crippen LogP contribution in [0.2, 0.25) is 0 Å². The van der Waals surface area contributed by atoms with Crippen molar-refractivity contribution in [3.8, 4) is 0 Å². The molecule has 0 fully saturated rings. The molecule has 1 rings (SSSR count). The molecule has 0 aromatic carbocycles. The zero-order valence-corrected chi connectivity index (χ0v) is 5.75. The van der Waals surface area contributed by atoms with Gasteiger partial charge in [0.25, 0.3) is 5.97 Å². The number of β-amino-alcohol motifs (C(OH)–C–C–N with tert-alkyl or cyclic N) is 3. The molecule has 0 amide bonds. The Kier molecular flexibility index (Phi) is 2.18. The van der Waals surface area contributed by atoms with Crippen LogP contribution in [0.15, 0.2) is 9.98 Å². The van der Waals surface area contributed by atoms with E-state index in [0.29, 0.717) is 0 Å². The van der Waals surface area contributed by atoms with Gasteiger partial charge in [-0.15, -0.1) is 0 Å². The molecular weight excluding hydrogens is 150 g/mol. The summed E-state index contributed by atoms with van der Waals surface area (Å²) in [6, 6.07) is 0. The van der Waals surface area contributed by atoms with Crippen LogP contribution in [0.1, 0.15) is 0 Å². The molecule has 1 aliphatic rings. The van der Waals surface area contributed by atoms with E-state index in [9.17, 15) is 0 Å². The van der Waals surface area contributed by atoms with E-state index in [4.69, 9.17) is 15.3 Å². The molecule has 0 aliphatic carbocycles. The number of hydrogen-bond donors (Lipinski definition) is 3. The van der Waals surface area contributed by atoms with Crippen LogP contribution in [0.4, 0.5) is 0 Å². The molecule has 1 aliphatic heterocycles. The summed E-state index contributed by atoms with van der Waals surface area (Å²) < 4.78 is 0. The summed E-state index contributed by atoms with van der Waals surface area (Å²) >= 11 is 0. The normalized spacial score (nSPS) is 17.5. The quantitative estimate of drug-likeness (QED) is 0.404. The van der Waals surface area contributed by atoms with Crippen molar-refractivity contribution in [3.63, 3.8) is 0 Å². The summed E-state index contributed by atoms with van der Waals surface area (Å²) in [7, 11) is 0. The minimum atomic E-state index is -2.68. The Labute approximate surface area is 63.1 Å². The van der Waals surface area contributed by atoms with Gasteiger partial charge < -0.3 is 20.2 Å². The number of aliphatic imine (C=N–C) groups is 2. The topological polar surface area (TPSA) is 88.6 Å². The Bertz CT molecular complexity index is 184. The maximum absolute atomic E-state index is 8.53. The van der Waals surface area contributed by atoms with E-state index >= 15 is 0 Å².